The summed E-state index contributed by atoms with van der Waals surface area (Å²) in [7, 11) is 1.30. The fourth-order valence-electron chi connectivity index (χ4n) is 2.47. The summed E-state index contributed by atoms with van der Waals surface area (Å²) in [6.07, 6.45) is -4.66. The van der Waals surface area contributed by atoms with Crippen LogP contribution in [0, 0.1) is 10.4 Å². The summed E-state index contributed by atoms with van der Waals surface area (Å²) in [4.78, 5) is 14.7. The van der Waals surface area contributed by atoms with Gasteiger partial charge in [-0.15, -0.1) is 5.10 Å². The number of quaternary nitrogens is 1. The Kier molecular flexibility index (Phi) is 5.61. The molecule has 29 heavy (non-hydrogen) atoms. The van der Waals surface area contributed by atoms with Crippen molar-refractivity contribution in [3.63, 3.8) is 0 Å². The first-order valence-corrected chi connectivity index (χ1v) is 8.78. The summed E-state index contributed by atoms with van der Waals surface area (Å²) in [5.41, 5.74) is -1.03. The molecule has 0 aliphatic carbocycles. The normalized spacial score (nSPS) is 12.0. The molecule has 0 aliphatic heterocycles. The van der Waals surface area contributed by atoms with Gasteiger partial charge in [0, 0.05) is 30.3 Å². The van der Waals surface area contributed by atoms with Crippen molar-refractivity contribution in [3.8, 4) is 22.6 Å². The lowest BCUT2D eigenvalue weighted by Crippen LogP contribution is -2.96. The first-order chi connectivity index (χ1) is 13.5. The van der Waals surface area contributed by atoms with Crippen molar-refractivity contribution < 1.29 is 28.3 Å². The molecule has 0 spiro atoms. The number of alkyl halides is 3. The third-order valence-corrected chi connectivity index (χ3v) is 4.53. The number of nitrogens with one attached hydrogen (secondary N) is 2. The number of aryl methyl sites for hydroxylation is 1. The van der Waals surface area contributed by atoms with Gasteiger partial charge in [-0.25, -0.2) is 4.98 Å². The first-order valence-electron chi connectivity index (χ1n) is 7.80. The number of rotatable bonds is 6. The van der Waals surface area contributed by atoms with E-state index < -0.39 is 23.1 Å². The van der Waals surface area contributed by atoms with Gasteiger partial charge >= 0.3 is 12.1 Å². The van der Waals surface area contributed by atoms with Gasteiger partial charge in [0.05, 0.1) is 11.4 Å². The molecule has 3 rings (SSSR count). The molecule has 0 atom stereocenters. The highest BCUT2D eigenvalue weighted by Crippen LogP contribution is 2.33. The van der Waals surface area contributed by atoms with Gasteiger partial charge in [0.25, 0.3) is 0 Å². The number of carboxylic acids is 1. The number of aromatic nitrogens is 5. The molecule has 3 N–H and O–H groups in total. The highest BCUT2D eigenvalue weighted by Gasteiger charge is 2.34. The van der Waals surface area contributed by atoms with Crippen LogP contribution >= 0.6 is 11.8 Å². The summed E-state index contributed by atoms with van der Waals surface area (Å²) < 4.78 is 39.8. The van der Waals surface area contributed by atoms with Gasteiger partial charge in [-0.1, -0.05) is 11.8 Å². The fraction of sp³-hybridized carbons (Fsp3) is 0.200. The van der Waals surface area contributed by atoms with Crippen LogP contribution in [0.15, 0.2) is 29.4 Å². The maximum atomic E-state index is 12.9. The lowest BCUT2D eigenvalue weighted by Gasteiger charge is -2.25. The SMILES string of the molecule is Cn1nc(C(F)(F)F)cc1-c1cc(-c2nc(SCC(=O)O)n[nH]2)cc([NH+]([O-])[O-])c1. The van der Waals surface area contributed by atoms with Crippen molar-refractivity contribution in [2.45, 2.75) is 11.3 Å². The highest BCUT2D eigenvalue weighted by atomic mass is 32.2. The predicted octanol–water partition coefficient (Wildman–Crippen LogP) is 1.58. The van der Waals surface area contributed by atoms with Crippen LogP contribution in [-0.4, -0.2) is 41.8 Å². The topological polar surface area (TPSA) is 147 Å². The molecule has 0 bridgehead atoms. The smallest absolute Gasteiger partial charge is 0.435 e. The molecule has 0 aliphatic rings. The number of halogens is 3. The van der Waals surface area contributed by atoms with Crippen LogP contribution in [0.4, 0.5) is 18.9 Å². The maximum absolute atomic E-state index is 12.9. The lowest BCUT2D eigenvalue weighted by molar-refractivity contribution is -0.715. The standard InChI is InChI=1S/C15H12F3N6O4S/c1-23-10(5-11(22-23)15(16,17)18)7-2-8(4-9(3-7)24(27)28)13-19-14(21-20-13)29-6-12(25)26/h2-5,24H,6H2,1H3,(H,25,26)(H,19,20,21)/q-1. The van der Waals surface area contributed by atoms with Crippen LogP contribution in [-0.2, 0) is 18.0 Å². The Hall–Kier alpha value is -2.94. The summed E-state index contributed by atoms with van der Waals surface area (Å²) in [6, 6.07) is 4.58. The van der Waals surface area contributed by atoms with Gasteiger partial charge in [-0.05, 0) is 12.1 Å². The molecule has 0 unspecified atom stereocenters. The second-order valence-corrected chi connectivity index (χ2v) is 6.71. The van der Waals surface area contributed by atoms with Crippen LogP contribution in [0.5, 0.6) is 0 Å². The predicted molar refractivity (Wildman–Crippen MR) is 94.7 cm³/mol. The van der Waals surface area contributed by atoms with Gasteiger partial charge in [-0.3, -0.25) is 14.6 Å². The van der Waals surface area contributed by atoms with E-state index in [1.165, 1.54) is 19.2 Å². The van der Waals surface area contributed by atoms with Crippen LogP contribution < -0.4 is 5.23 Å². The molecule has 0 amide bonds. The summed E-state index contributed by atoms with van der Waals surface area (Å²) >= 11 is 0.843. The second kappa shape index (κ2) is 7.82. The molecule has 0 radical (unpaired) electrons. The van der Waals surface area contributed by atoms with Gasteiger partial charge in [0.1, 0.15) is 5.69 Å². The molecule has 10 nitrogen and oxygen atoms in total. The number of benzene rings is 1. The van der Waals surface area contributed by atoms with Crippen LogP contribution in [0.2, 0.25) is 0 Å². The average molecular weight is 429 g/mol. The number of nitrogens with zero attached hydrogens (tertiary/aromatic N) is 4. The van der Waals surface area contributed by atoms with Gasteiger partial charge in [0.2, 0.25) is 5.16 Å². The Bertz CT molecular complexity index is 1050. The van der Waals surface area contributed by atoms with Crippen molar-refractivity contribution in [1.82, 2.24) is 25.0 Å². The quantitative estimate of drug-likeness (QED) is 0.395. The average Bonchev–Trinajstić information content (AvgIpc) is 3.26. The molecule has 2 heterocycles. The molecule has 14 heteroatoms. The Morgan fingerprint density at radius 2 is 1.97 bits per heavy atom. The van der Waals surface area contributed by atoms with Crippen LogP contribution in [0.3, 0.4) is 0 Å². The molecule has 3 aromatic rings. The molecular formula is C15H12F3N6O4S-. The molecule has 1 aromatic carbocycles. The van der Waals surface area contributed by atoms with E-state index in [4.69, 9.17) is 5.11 Å². The van der Waals surface area contributed by atoms with Gasteiger partial charge in [0.15, 0.2) is 11.5 Å². The monoisotopic (exact) mass is 429 g/mol. The van der Waals surface area contributed by atoms with Crippen LogP contribution in [0.25, 0.3) is 22.6 Å². The minimum Gasteiger partial charge on any atom is -0.628 e. The Morgan fingerprint density at radius 3 is 2.55 bits per heavy atom. The highest BCUT2D eigenvalue weighted by molar-refractivity contribution is 7.99. The van der Waals surface area contributed by atoms with Gasteiger partial charge in [-0.2, -0.15) is 18.3 Å². The number of hydrogen-bond donors (Lipinski definition) is 3. The Morgan fingerprint density at radius 1 is 1.28 bits per heavy atom. The largest absolute Gasteiger partial charge is 0.628 e. The van der Waals surface area contributed by atoms with Crippen molar-refractivity contribution >= 4 is 23.4 Å². The van der Waals surface area contributed by atoms with Crippen molar-refractivity contribution in [2.75, 3.05) is 5.75 Å². The summed E-state index contributed by atoms with van der Waals surface area (Å²) in [5, 5.41) is 39.8. The number of thioether (sulfide) groups is 1. The van der Waals surface area contributed by atoms with E-state index in [-0.39, 0.29) is 39.2 Å². The zero-order valence-corrected chi connectivity index (χ0v) is 15.3. The first kappa shape index (κ1) is 20.8. The maximum Gasteiger partial charge on any atom is 0.435 e. The fourth-order valence-corrected chi connectivity index (χ4v) is 2.99. The number of hydrogen-bond acceptors (Lipinski definition) is 7. The van der Waals surface area contributed by atoms with E-state index in [0.29, 0.717) is 0 Å². The lowest BCUT2D eigenvalue weighted by atomic mass is 10.1. The summed E-state index contributed by atoms with van der Waals surface area (Å²) in [5.74, 6) is -1.24. The number of carbonyl (C=O) groups is 1. The van der Waals surface area contributed by atoms with E-state index >= 15 is 0 Å². The molecule has 154 valence electrons. The number of aliphatic carboxylic acids is 1. The third-order valence-electron chi connectivity index (χ3n) is 3.70. The molecule has 0 fully saturated rings. The van der Waals surface area contributed by atoms with E-state index in [1.807, 2.05) is 0 Å². The minimum absolute atomic E-state index is 0.0293. The zero-order valence-electron chi connectivity index (χ0n) is 14.5. The van der Waals surface area contributed by atoms with Crippen molar-refractivity contribution in [2.24, 2.45) is 7.05 Å². The molecular weight excluding hydrogens is 417 g/mol. The zero-order chi connectivity index (χ0) is 21.3. The third kappa shape index (κ3) is 4.73. The Labute approximate surface area is 164 Å². The molecule has 2 aromatic heterocycles. The van der Waals surface area contributed by atoms with Crippen molar-refractivity contribution in [3.05, 3.63) is 40.4 Å². The number of H-pyrrole nitrogens is 1. The van der Waals surface area contributed by atoms with E-state index in [2.05, 4.69) is 20.3 Å². The van der Waals surface area contributed by atoms with E-state index in [9.17, 15) is 28.4 Å². The van der Waals surface area contributed by atoms with E-state index in [0.717, 1.165) is 28.6 Å². The Balaban J connectivity index is 2.04. The minimum atomic E-state index is -4.66. The molecule has 0 saturated heterocycles. The second-order valence-electron chi connectivity index (χ2n) is 5.77. The van der Waals surface area contributed by atoms with Crippen molar-refractivity contribution in [1.29, 1.82) is 0 Å². The number of aromatic amines is 1. The molecule has 0 saturated carbocycles. The van der Waals surface area contributed by atoms with E-state index in [1.54, 1.807) is 0 Å². The van der Waals surface area contributed by atoms with Crippen LogP contribution in [0.1, 0.15) is 5.69 Å². The summed E-state index contributed by atoms with van der Waals surface area (Å²) in [6.45, 7) is 0. The number of carboxylic acid groups (broad SMARTS) is 1. The van der Waals surface area contributed by atoms with Gasteiger partial charge < -0.3 is 20.7 Å².